The SMILES string of the molecule is CC1CCCN(C(=O)CCNCc2noc(-c3ccc4c(c3)OCO4)n2)C1. The number of ether oxygens (including phenoxy) is 2. The average Bonchev–Trinajstić information content (AvgIpc) is 3.33. The van der Waals surface area contributed by atoms with Crippen molar-refractivity contribution in [3.63, 3.8) is 0 Å². The van der Waals surface area contributed by atoms with Crippen LogP contribution in [0.15, 0.2) is 22.7 Å². The molecule has 0 aliphatic carbocycles. The highest BCUT2D eigenvalue weighted by Gasteiger charge is 2.20. The van der Waals surface area contributed by atoms with Crippen LogP contribution in [0.5, 0.6) is 11.5 Å². The van der Waals surface area contributed by atoms with Crippen LogP contribution >= 0.6 is 0 Å². The summed E-state index contributed by atoms with van der Waals surface area (Å²) in [5, 5.41) is 7.20. The van der Waals surface area contributed by atoms with Crippen LogP contribution in [-0.2, 0) is 11.3 Å². The number of piperidine rings is 1. The maximum atomic E-state index is 12.3. The second kappa shape index (κ2) is 7.96. The van der Waals surface area contributed by atoms with Gasteiger partial charge in [-0.05, 0) is 37.0 Å². The molecule has 27 heavy (non-hydrogen) atoms. The molecule has 1 aromatic carbocycles. The maximum absolute atomic E-state index is 12.3. The number of hydrogen-bond donors (Lipinski definition) is 1. The largest absolute Gasteiger partial charge is 0.454 e. The van der Waals surface area contributed by atoms with Crippen molar-refractivity contribution in [2.75, 3.05) is 26.4 Å². The fraction of sp³-hybridized carbons (Fsp3) is 0.526. The smallest absolute Gasteiger partial charge is 0.258 e. The van der Waals surface area contributed by atoms with Crippen molar-refractivity contribution in [3.05, 3.63) is 24.0 Å². The van der Waals surface area contributed by atoms with E-state index >= 15 is 0 Å². The Morgan fingerprint density at radius 2 is 2.22 bits per heavy atom. The molecule has 2 aliphatic heterocycles. The van der Waals surface area contributed by atoms with Gasteiger partial charge in [0.25, 0.3) is 5.89 Å². The standard InChI is InChI=1S/C19H24N4O4/c1-13-3-2-8-23(11-13)18(24)6-7-20-10-17-21-19(27-22-17)14-4-5-15-16(9-14)26-12-25-15/h4-5,9,13,20H,2-3,6-8,10-12H2,1H3. The molecule has 4 rings (SSSR count). The second-order valence-corrected chi connectivity index (χ2v) is 7.10. The fourth-order valence-corrected chi connectivity index (χ4v) is 3.44. The normalized spacial score (nSPS) is 18.7. The first-order valence-electron chi connectivity index (χ1n) is 9.40. The zero-order chi connectivity index (χ0) is 18.6. The first kappa shape index (κ1) is 17.8. The number of carbonyl (C=O) groups excluding carboxylic acids is 1. The molecule has 1 fully saturated rings. The van der Waals surface area contributed by atoms with Crippen LogP contribution in [0.25, 0.3) is 11.5 Å². The average molecular weight is 372 g/mol. The number of nitrogens with one attached hydrogen (secondary N) is 1. The second-order valence-electron chi connectivity index (χ2n) is 7.10. The Kier molecular flexibility index (Phi) is 5.24. The Balaban J connectivity index is 1.24. The number of rotatable bonds is 6. The third-order valence-electron chi connectivity index (χ3n) is 4.90. The highest BCUT2D eigenvalue weighted by Crippen LogP contribution is 2.35. The third-order valence-corrected chi connectivity index (χ3v) is 4.90. The van der Waals surface area contributed by atoms with E-state index in [-0.39, 0.29) is 12.7 Å². The van der Waals surface area contributed by atoms with E-state index in [9.17, 15) is 4.79 Å². The lowest BCUT2D eigenvalue weighted by molar-refractivity contribution is -0.132. The lowest BCUT2D eigenvalue weighted by atomic mass is 10.00. The molecule has 0 spiro atoms. The Hall–Kier alpha value is -2.61. The molecule has 0 radical (unpaired) electrons. The number of hydrogen-bond acceptors (Lipinski definition) is 7. The summed E-state index contributed by atoms with van der Waals surface area (Å²) >= 11 is 0. The van der Waals surface area contributed by atoms with Gasteiger partial charge >= 0.3 is 0 Å². The van der Waals surface area contributed by atoms with Crippen molar-refractivity contribution in [2.24, 2.45) is 5.92 Å². The van der Waals surface area contributed by atoms with Gasteiger partial charge in [0, 0.05) is 31.6 Å². The lowest BCUT2D eigenvalue weighted by Gasteiger charge is -2.31. The van der Waals surface area contributed by atoms with Crippen LogP contribution < -0.4 is 14.8 Å². The van der Waals surface area contributed by atoms with Crippen LogP contribution in [0.4, 0.5) is 0 Å². The van der Waals surface area contributed by atoms with Crippen LogP contribution in [-0.4, -0.2) is 47.4 Å². The first-order chi connectivity index (χ1) is 13.2. The number of carbonyl (C=O) groups is 1. The minimum atomic E-state index is 0.211. The molecule has 1 unspecified atom stereocenters. The molecule has 2 aliphatic rings. The number of likely N-dealkylation sites (tertiary alicyclic amines) is 1. The summed E-state index contributed by atoms with van der Waals surface area (Å²) in [6.45, 7) is 5.24. The summed E-state index contributed by atoms with van der Waals surface area (Å²) in [5.74, 6) is 3.20. The van der Waals surface area contributed by atoms with Gasteiger partial charge < -0.3 is 24.2 Å². The van der Waals surface area contributed by atoms with Crippen molar-refractivity contribution in [1.82, 2.24) is 20.4 Å². The Bertz CT molecular complexity index is 807. The Morgan fingerprint density at radius 3 is 3.11 bits per heavy atom. The van der Waals surface area contributed by atoms with E-state index in [1.807, 2.05) is 23.1 Å². The van der Waals surface area contributed by atoms with Crippen molar-refractivity contribution < 1.29 is 18.8 Å². The van der Waals surface area contributed by atoms with Gasteiger partial charge in [-0.3, -0.25) is 4.79 Å². The van der Waals surface area contributed by atoms with Gasteiger partial charge in [-0.2, -0.15) is 4.98 Å². The molecule has 1 amide bonds. The fourth-order valence-electron chi connectivity index (χ4n) is 3.44. The van der Waals surface area contributed by atoms with E-state index < -0.39 is 0 Å². The van der Waals surface area contributed by atoms with E-state index in [1.54, 1.807) is 0 Å². The number of amides is 1. The Morgan fingerprint density at radius 1 is 1.33 bits per heavy atom. The van der Waals surface area contributed by atoms with Crippen LogP contribution in [0.3, 0.4) is 0 Å². The summed E-state index contributed by atoms with van der Waals surface area (Å²) in [4.78, 5) is 18.6. The first-order valence-corrected chi connectivity index (χ1v) is 9.40. The highest BCUT2D eigenvalue weighted by atomic mass is 16.7. The summed E-state index contributed by atoms with van der Waals surface area (Å²) in [5.41, 5.74) is 0.785. The molecule has 8 nitrogen and oxygen atoms in total. The molecular weight excluding hydrogens is 348 g/mol. The zero-order valence-electron chi connectivity index (χ0n) is 15.4. The minimum Gasteiger partial charge on any atom is -0.454 e. The predicted octanol–water partition coefficient (Wildman–Crippen LogP) is 2.20. The monoisotopic (exact) mass is 372 g/mol. The highest BCUT2D eigenvalue weighted by molar-refractivity contribution is 5.76. The maximum Gasteiger partial charge on any atom is 0.258 e. The number of nitrogens with zero attached hydrogens (tertiary/aromatic N) is 3. The molecule has 1 N–H and O–H groups in total. The Labute approximate surface area is 157 Å². The molecular formula is C19H24N4O4. The molecule has 1 saturated heterocycles. The number of fused-ring (bicyclic) bond motifs is 1. The molecule has 2 aromatic rings. The van der Waals surface area contributed by atoms with Gasteiger partial charge in [0.2, 0.25) is 12.7 Å². The van der Waals surface area contributed by atoms with Gasteiger partial charge in [-0.15, -0.1) is 0 Å². The molecule has 1 atom stereocenters. The summed E-state index contributed by atoms with van der Waals surface area (Å²) in [7, 11) is 0. The van der Waals surface area contributed by atoms with Gasteiger partial charge in [-0.25, -0.2) is 0 Å². The van der Waals surface area contributed by atoms with Gasteiger partial charge in [-0.1, -0.05) is 12.1 Å². The van der Waals surface area contributed by atoms with Gasteiger partial charge in [0.15, 0.2) is 17.3 Å². The molecule has 3 heterocycles. The summed E-state index contributed by atoms with van der Waals surface area (Å²) < 4.78 is 16.0. The van der Waals surface area contributed by atoms with Crippen molar-refractivity contribution >= 4 is 5.91 Å². The molecule has 8 heteroatoms. The zero-order valence-corrected chi connectivity index (χ0v) is 15.4. The predicted molar refractivity (Wildman–Crippen MR) is 97.2 cm³/mol. The van der Waals surface area contributed by atoms with Crippen LogP contribution in [0, 0.1) is 5.92 Å². The minimum absolute atomic E-state index is 0.211. The van der Waals surface area contributed by atoms with Crippen molar-refractivity contribution in [2.45, 2.75) is 32.7 Å². The van der Waals surface area contributed by atoms with Crippen LogP contribution in [0.1, 0.15) is 32.0 Å². The summed E-state index contributed by atoms with van der Waals surface area (Å²) in [6.07, 6.45) is 2.80. The molecule has 1 aromatic heterocycles. The van der Waals surface area contributed by atoms with Crippen molar-refractivity contribution in [1.29, 1.82) is 0 Å². The van der Waals surface area contributed by atoms with E-state index in [0.717, 1.165) is 25.1 Å². The molecule has 0 saturated carbocycles. The lowest BCUT2D eigenvalue weighted by Crippen LogP contribution is -2.40. The number of benzene rings is 1. The topological polar surface area (TPSA) is 89.7 Å². The summed E-state index contributed by atoms with van der Waals surface area (Å²) in [6, 6.07) is 5.51. The van der Waals surface area contributed by atoms with E-state index in [1.165, 1.54) is 6.42 Å². The van der Waals surface area contributed by atoms with Crippen LogP contribution in [0.2, 0.25) is 0 Å². The molecule has 0 bridgehead atoms. The van der Waals surface area contributed by atoms with E-state index in [4.69, 9.17) is 14.0 Å². The number of aromatic nitrogens is 2. The van der Waals surface area contributed by atoms with Gasteiger partial charge in [0.1, 0.15) is 0 Å². The third kappa shape index (κ3) is 4.21. The molecule has 144 valence electrons. The van der Waals surface area contributed by atoms with E-state index in [2.05, 4.69) is 22.4 Å². The van der Waals surface area contributed by atoms with Crippen molar-refractivity contribution in [3.8, 4) is 23.0 Å². The van der Waals surface area contributed by atoms with Gasteiger partial charge in [0.05, 0.1) is 6.54 Å². The van der Waals surface area contributed by atoms with E-state index in [0.29, 0.717) is 48.6 Å². The quantitative estimate of drug-likeness (QED) is 0.778.